The number of aliphatic hydroxyl groups is 1. The molecule has 0 aromatic heterocycles. The van der Waals surface area contributed by atoms with Crippen LogP contribution in [0.5, 0.6) is 0 Å². The van der Waals surface area contributed by atoms with Gasteiger partial charge in [0.25, 0.3) is 0 Å². The molecule has 0 saturated heterocycles. The molecular formula is C16H24Cl2OSiZr-2. The van der Waals surface area contributed by atoms with Gasteiger partial charge in [-0.05, 0) is 0 Å². The van der Waals surface area contributed by atoms with Crippen LogP contribution >= 0.6 is 0 Å². The largest absolute Gasteiger partial charge is 1.00 e. The van der Waals surface area contributed by atoms with E-state index < -0.39 is 8.07 Å². The summed E-state index contributed by atoms with van der Waals surface area (Å²) in [4.78, 5) is 0. The third-order valence-electron chi connectivity index (χ3n) is 2.86. The summed E-state index contributed by atoms with van der Waals surface area (Å²) >= 11 is 1.55. The predicted octanol–water partition coefficient (Wildman–Crippen LogP) is -2.22. The number of aliphatic hydroxyl groups excluding tert-OH is 1. The summed E-state index contributed by atoms with van der Waals surface area (Å²) in [5.41, 5.74) is 0. The third-order valence-corrected chi connectivity index (χ3v) is 11.4. The zero-order chi connectivity index (χ0) is 14.6. The molecule has 0 aliphatic heterocycles. The number of hydrogen-bond donors (Lipinski definition) is 1. The molecule has 1 N–H and O–H groups in total. The van der Waals surface area contributed by atoms with Crippen molar-refractivity contribution in [3.63, 3.8) is 0 Å². The van der Waals surface area contributed by atoms with Gasteiger partial charge in [-0.1, -0.05) is 0 Å². The first kappa shape index (κ1) is 26.1. The van der Waals surface area contributed by atoms with Crippen LogP contribution in [0.3, 0.4) is 0 Å². The van der Waals surface area contributed by atoms with Crippen LogP contribution in [-0.4, -0.2) is 22.6 Å². The molecule has 0 spiro atoms. The summed E-state index contributed by atoms with van der Waals surface area (Å²) in [7, 11) is -1.07. The van der Waals surface area contributed by atoms with Crippen molar-refractivity contribution in [1.29, 1.82) is 0 Å². The van der Waals surface area contributed by atoms with E-state index >= 15 is 0 Å². The quantitative estimate of drug-likeness (QED) is 0.439. The molecule has 118 valence electrons. The van der Waals surface area contributed by atoms with Gasteiger partial charge in [0.1, 0.15) is 0 Å². The fraction of sp³-hybridized carbons (Fsp3) is 0.312. The Morgan fingerprint density at radius 3 is 1.38 bits per heavy atom. The molecule has 0 amide bonds. The van der Waals surface area contributed by atoms with Crippen molar-refractivity contribution < 1.29 is 54.2 Å². The van der Waals surface area contributed by atoms with Crippen LogP contribution in [0, 0.1) is 0 Å². The van der Waals surface area contributed by atoms with Gasteiger partial charge in [0, 0.05) is 0 Å². The Labute approximate surface area is 157 Å². The van der Waals surface area contributed by atoms with Crippen LogP contribution in [0.1, 0.15) is 6.92 Å². The summed E-state index contributed by atoms with van der Waals surface area (Å²) in [5, 5.41) is 8.68. The molecule has 0 aliphatic carbocycles. The van der Waals surface area contributed by atoms with Crippen molar-refractivity contribution >= 4 is 10.9 Å². The molecule has 2 rings (SSSR count). The standard InChI is InChI=1S/C6H14OSi.2C5H5.2ClH.Zr/c1-4-8(2,3)6-5-7;2*1-2-4-5-3-1;;;/h7H,5-6H2,1-3H3;2*1-5H;2*1H;/q;2*-1;;;+2/p-2. The molecule has 2 aromatic rings. The van der Waals surface area contributed by atoms with Crippen LogP contribution in [0.15, 0.2) is 60.7 Å². The molecule has 0 radical (unpaired) electrons. The molecule has 0 saturated carbocycles. The van der Waals surface area contributed by atoms with E-state index in [9.17, 15) is 0 Å². The van der Waals surface area contributed by atoms with Crippen LogP contribution < -0.4 is 24.8 Å². The van der Waals surface area contributed by atoms with Crippen LogP contribution in [0.2, 0.25) is 19.1 Å². The first-order valence-corrected chi connectivity index (χ1v) is 10.9. The second-order valence-electron chi connectivity index (χ2n) is 4.91. The van der Waals surface area contributed by atoms with Crippen LogP contribution in [0.25, 0.3) is 0 Å². The van der Waals surface area contributed by atoms with E-state index in [1.54, 1.807) is 27.1 Å². The number of halogens is 2. The van der Waals surface area contributed by atoms with E-state index in [1.165, 1.54) is 0 Å². The van der Waals surface area contributed by atoms with Gasteiger partial charge in [-0.25, -0.2) is 24.3 Å². The Morgan fingerprint density at radius 2 is 1.29 bits per heavy atom. The Bertz CT molecular complexity index is 339. The van der Waals surface area contributed by atoms with Gasteiger partial charge >= 0.3 is 72.9 Å². The monoisotopic (exact) mass is 420 g/mol. The Morgan fingerprint density at radius 1 is 0.952 bits per heavy atom. The van der Waals surface area contributed by atoms with Crippen molar-refractivity contribution in [1.82, 2.24) is 0 Å². The van der Waals surface area contributed by atoms with E-state index in [-0.39, 0.29) is 24.8 Å². The van der Waals surface area contributed by atoms with Crippen molar-refractivity contribution in [2.45, 2.75) is 26.1 Å². The minimum atomic E-state index is -1.07. The topological polar surface area (TPSA) is 20.2 Å². The molecule has 0 bridgehead atoms. The van der Waals surface area contributed by atoms with Crippen LogP contribution in [0.4, 0.5) is 0 Å². The fourth-order valence-corrected chi connectivity index (χ4v) is 2.96. The van der Waals surface area contributed by atoms with E-state index in [2.05, 4.69) is 20.0 Å². The van der Waals surface area contributed by atoms with Crippen molar-refractivity contribution in [2.24, 2.45) is 0 Å². The van der Waals surface area contributed by atoms with Crippen molar-refractivity contribution in [3.05, 3.63) is 60.7 Å². The Balaban J connectivity index is -0.000000232. The van der Waals surface area contributed by atoms with Gasteiger partial charge < -0.3 is 24.8 Å². The van der Waals surface area contributed by atoms with Gasteiger partial charge in [-0.3, -0.25) is 0 Å². The molecular weight excluding hydrogens is 398 g/mol. The SMILES string of the molecule is C[C](=[Zr+2])[Si](C)(C)CCO.[Cl-].[Cl-].c1cc[cH-]c1.c1cc[cH-]c1. The van der Waals surface area contributed by atoms with E-state index in [1.807, 2.05) is 60.7 Å². The average Bonchev–Trinajstić information content (AvgIpc) is 3.08. The maximum Gasteiger partial charge on any atom is -0.172 e. The normalized spacial score (nSPS) is 8.86. The summed E-state index contributed by atoms with van der Waals surface area (Å²) in [5.74, 6) is 0. The summed E-state index contributed by atoms with van der Waals surface area (Å²) in [6.45, 7) is 7.20. The van der Waals surface area contributed by atoms with Gasteiger partial charge in [-0.15, -0.1) is 0 Å². The molecule has 0 unspecified atom stereocenters. The predicted molar refractivity (Wildman–Crippen MR) is 84.1 cm³/mol. The third kappa shape index (κ3) is 16.4. The molecule has 1 nitrogen and oxygen atoms in total. The average molecular weight is 423 g/mol. The van der Waals surface area contributed by atoms with Crippen LogP contribution in [-0.2, 0) is 24.2 Å². The number of rotatable bonds is 3. The molecule has 21 heavy (non-hydrogen) atoms. The van der Waals surface area contributed by atoms with E-state index in [0.29, 0.717) is 6.61 Å². The van der Waals surface area contributed by atoms with Gasteiger partial charge in [0.2, 0.25) is 0 Å². The number of hydrogen-bond acceptors (Lipinski definition) is 1. The molecule has 2 aromatic carbocycles. The molecule has 5 heteroatoms. The Hall–Kier alpha value is 0.210. The second kappa shape index (κ2) is 16.6. The minimum absolute atomic E-state index is 0. The summed E-state index contributed by atoms with van der Waals surface area (Å²) in [6, 6.07) is 21.0. The maximum atomic E-state index is 8.68. The zero-order valence-electron chi connectivity index (χ0n) is 12.9. The van der Waals surface area contributed by atoms with Gasteiger partial charge in [0.15, 0.2) is 0 Å². The molecule has 0 fully saturated rings. The van der Waals surface area contributed by atoms with Gasteiger partial charge in [-0.2, -0.15) is 36.4 Å². The van der Waals surface area contributed by atoms with Crippen molar-refractivity contribution in [2.75, 3.05) is 6.61 Å². The van der Waals surface area contributed by atoms with E-state index in [4.69, 9.17) is 5.11 Å². The van der Waals surface area contributed by atoms with Crippen molar-refractivity contribution in [3.8, 4) is 0 Å². The summed E-state index contributed by atoms with van der Waals surface area (Å²) < 4.78 is 1.61. The first-order chi connectivity index (χ1) is 9.00. The minimum Gasteiger partial charge on any atom is -1.00 e. The Kier molecular flexibility index (Phi) is 20.6. The smallest absolute Gasteiger partial charge is 0.172 e. The molecule has 0 heterocycles. The molecule has 0 aliphatic rings. The maximum absolute atomic E-state index is 8.68. The van der Waals surface area contributed by atoms with Gasteiger partial charge in [0.05, 0.1) is 0 Å². The summed E-state index contributed by atoms with van der Waals surface area (Å²) in [6.07, 6.45) is 0. The zero-order valence-corrected chi connectivity index (χ0v) is 17.9. The fourth-order valence-electron chi connectivity index (χ4n) is 1.11. The molecule has 0 atom stereocenters. The van der Waals surface area contributed by atoms with E-state index in [0.717, 1.165) is 6.04 Å². The second-order valence-corrected chi connectivity index (χ2v) is 13.0. The first-order valence-electron chi connectivity index (χ1n) is 6.50.